The Bertz CT molecular complexity index is 1170. The maximum atomic E-state index is 13.1. The minimum Gasteiger partial charge on any atom is -0.375 e. The number of aromatic amines is 1. The van der Waals surface area contributed by atoms with Crippen LogP contribution in [-0.4, -0.2) is 26.0 Å². The highest BCUT2D eigenvalue weighted by molar-refractivity contribution is 7.07. The van der Waals surface area contributed by atoms with E-state index in [1.807, 2.05) is 11.4 Å². The third-order valence-corrected chi connectivity index (χ3v) is 5.68. The van der Waals surface area contributed by atoms with Gasteiger partial charge in [-0.15, -0.1) is 11.3 Å². The Morgan fingerprint density at radius 3 is 2.79 bits per heavy atom. The number of carbonyl (C=O) groups excluding carboxylic acids is 1. The molecule has 1 atom stereocenters. The fraction of sp³-hybridized carbons (Fsp3) is 0.190. The molecule has 0 unspecified atom stereocenters. The van der Waals surface area contributed by atoms with Gasteiger partial charge in [0.2, 0.25) is 0 Å². The largest absolute Gasteiger partial charge is 0.375 e. The lowest BCUT2D eigenvalue weighted by atomic mass is 9.82. The molecule has 2 heterocycles. The normalized spacial score (nSPS) is 13.6. The van der Waals surface area contributed by atoms with Crippen molar-refractivity contribution in [3.05, 3.63) is 63.9 Å². The van der Waals surface area contributed by atoms with Crippen LogP contribution in [0.3, 0.4) is 0 Å². The molecule has 0 radical (unpaired) electrons. The van der Waals surface area contributed by atoms with Crippen molar-refractivity contribution in [2.45, 2.75) is 19.4 Å². The number of H-pyrrole nitrogens is 1. The Labute approximate surface area is 176 Å². The molecule has 0 aliphatic carbocycles. The number of benzene rings is 2. The molecule has 148 valence electrons. The molecule has 0 saturated carbocycles. The second kappa shape index (κ2) is 7.59. The number of halogens is 1. The molecular formula is C21H19ClN4O2S. The van der Waals surface area contributed by atoms with Gasteiger partial charge in [-0.05, 0) is 41.8 Å². The number of hydrogen-bond acceptors (Lipinski definition) is 5. The van der Waals surface area contributed by atoms with Gasteiger partial charge in [-0.25, -0.2) is 9.97 Å². The van der Waals surface area contributed by atoms with E-state index in [9.17, 15) is 9.90 Å². The molecule has 0 spiro atoms. The SMILES string of the molecule is CC(C)[C@](O)(C(=O)Nc1ccc2[nH]c(-c3cscn3)nc2c1)c1cccc(Cl)c1. The Kier molecular flexibility index (Phi) is 5.12. The van der Waals surface area contributed by atoms with Gasteiger partial charge in [0.25, 0.3) is 5.91 Å². The summed E-state index contributed by atoms with van der Waals surface area (Å²) in [6.07, 6.45) is 0. The molecule has 1 amide bonds. The van der Waals surface area contributed by atoms with Gasteiger partial charge in [0, 0.05) is 16.1 Å². The van der Waals surface area contributed by atoms with Crippen LogP contribution in [0, 0.1) is 5.92 Å². The summed E-state index contributed by atoms with van der Waals surface area (Å²) in [5.74, 6) is -0.224. The van der Waals surface area contributed by atoms with Crippen LogP contribution in [0.4, 0.5) is 5.69 Å². The van der Waals surface area contributed by atoms with E-state index < -0.39 is 11.5 Å². The first-order chi connectivity index (χ1) is 13.9. The van der Waals surface area contributed by atoms with Crippen LogP contribution in [0.2, 0.25) is 5.02 Å². The first-order valence-electron chi connectivity index (χ1n) is 9.06. The number of nitrogens with zero attached hydrogens (tertiary/aromatic N) is 2. The Balaban J connectivity index is 1.65. The van der Waals surface area contributed by atoms with Gasteiger partial charge in [-0.1, -0.05) is 37.6 Å². The van der Waals surface area contributed by atoms with Crippen molar-refractivity contribution in [1.29, 1.82) is 0 Å². The minimum absolute atomic E-state index is 0.369. The number of imidazole rings is 1. The summed E-state index contributed by atoms with van der Waals surface area (Å²) in [6, 6.07) is 12.1. The lowest BCUT2D eigenvalue weighted by Gasteiger charge is -2.31. The number of fused-ring (bicyclic) bond motifs is 1. The van der Waals surface area contributed by atoms with Crippen LogP contribution in [0.5, 0.6) is 0 Å². The second-order valence-electron chi connectivity index (χ2n) is 7.08. The number of anilines is 1. The fourth-order valence-corrected chi connectivity index (χ4v) is 3.94. The minimum atomic E-state index is -1.73. The average Bonchev–Trinajstić information content (AvgIpc) is 3.36. The molecule has 8 heteroatoms. The zero-order chi connectivity index (χ0) is 20.6. The predicted octanol–water partition coefficient (Wildman–Crippen LogP) is 4.82. The Morgan fingerprint density at radius 1 is 1.28 bits per heavy atom. The van der Waals surface area contributed by atoms with Crippen LogP contribution in [0.15, 0.2) is 53.4 Å². The highest BCUT2D eigenvalue weighted by atomic mass is 35.5. The smallest absolute Gasteiger partial charge is 0.261 e. The number of aromatic nitrogens is 3. The Morgan fingerprint density at radius 2 is 2.10 bits per heavy atom. The van der Waals surface area contributed by atoms with Gasteiger partial charge in [0.1, 0.15) is 5.69 Å². The van der Waals surface area contributed by atoms with E-state index in [0.717, 1.165) is 11.2 Å². The van der Waals surface area contributed by atoms with E-state index in [-0.39, 0.29) is 5.92 Å². The molecule has 2 aromatic carbocycles. The third-order valence-electron chi connectivity index (χ3n) is 4.86. The molecule has 3 N–H and O–H groups in total. The topological polar surface area (TPSA) is 90.9 Å². The molecule has 0 fully saturated rings. The summed E-state index contributed by atoms with van der Waals surface area (Å²) in [4.78, 5) is 25.1. The molecular weight excluding hydrogens is 408 g/mol. The lowest BCUT2D eigenvalue weighted by Crippen LogP contribution is -2.44. The van der Waals surface area contributed by atoms with Gasteiger partial charge in [-0.2, -0.15) is 0 Å². The number of rotatable bonds is 5. The first kappa shape index (κ1) is 19.6. The van der Waals surface area contributed by atoms with Crippen LogP contribution < -0.4 is 5.32 Å². The van der Waals surface area contributed by atoms with Gasteiger partial charge < -0.3 is 15.4 Å². The van der Waals surface area contributed by atoms with E-state index in [1.165, 1.54) is 11.3 Å². The standard InChI is InChI=1S/C21H19ClN4O2S/c1-12(2)21(28,13-4-3-5-14(22)8-13)20(27)24-15-6-7-16-17(9-15)26-19(25-16)18-10-29-11-23-18/h3-12,28H,1-2H3,(H,24,27)(H,25,26)/t21-/m1/s1. The van der Waals surface area contributed by atoms with E-state index >= 15 is 0 Å². The van der Waals surface area contributed by atoms with Gasteiger partial charge >= 0.3 is 0 Å². The zero-order valence-corrected chi connectivity index (χ0v) is 17.4. The van der Waals surface area contributed by atoms with E-state index in [2.05, 4.69) is 20.3 Å². The number of hydrogen-bond donors (Lipinski definition) is 3. The first-order valence-corrected chi connectivity index (χ1v) is 10.4. The van der Waals surface area contributed by atoms with Crippen molar-refractivity contribution in [2.24, 2.45) is 5.92 Å². The molecule has 4 aromatic rings. The zero-order valence-electron chi connectivity index (χ0n) is 15.8. The van der Waals surface area contributed by atoms with Crippen LogP contribution >= 0.6 is 22.9 Å². The van der Waals surface area contributed by atoms with Crippen molar-refractivity contribution in [1.82, 2.24) is 15.0 Å². The van der Waals surface area contributed by atoms with Gasteiger partial charge in [0.15, 0.2) is 11.4 Å². The van der Waals surface area contributed by atoms with Crippen molar-refractivity contribution in [2.75, 3.05) is 5.32 Å². The number of nitrogens with one attached hydrogen (secondary N) is 2. The average molecular weight is 427 g/mol. The van der Waals surface area contributed by atoms with Crippen LogP contribution in [0.1, 0.15) is 19.4 Å². The predicted molar refractivity (Wildman–Crippen MR) is 116 cm³/mol. The summed E-state index contributed by atoms with van der Waals surface area (Å²) in [5, 5.41) is 16.4. The molecule has 0 saturated heterocycles. The summed E-state index contributed by atoms with van der Waals surface area (Å²) >= 11 is 7.57. The summed E-state index contributed by atoms with van der Waals surface area (Å²) in [6.45, 7) is 3.58. The molecule has 4 rings (SSSR count). The van der Waals surface area contributed by atoms with Crippen molar-refractivity contribution < 1.29 is 9.90 Å². The number of carbonyl (C=O) groups is 1. The highest BCUT2D eigenvalue weighted by Gasteiger charge is 2.41. The Hall–Kier alpha value is -2.74. The van der Waals surface area contributed by atoms with Crippen LogP contribution in [0.25, 0.3) is 22.6 Å². The molecule has 0 bridgehead atoms. The number of aliphatic hydroxyl groups is 1. The summed E-state index contributed by atoms with van der Waals surface area (Å²) in [5.41, 5.74) is 3.31. The quantitative estimate of drug-likeness (QED) is 0.426. The summed E-state index contributed by atoms with van der Waals surface area (Å²) < 4.78 is 0. The monoisotopic (exact) mass is 426 g/mol. The van der Waals surface area contributed by atoms with Crippen molar-refractivity contribution >= 4 is 45.6 Å². The molecule has 6 nitrogen and oxygen atoms in total. The molecule has 2 aromatic heterocycles. The lowest BCUT2D eigenvalue weighted by molar-refractivity contribution is -0.140. The maximum Gasteiger partial charge on any atom is 0.261 e. The van der Waals surface area contributed by atoms with Crippen molar-refractivity contribution in [3.8, 4) is 11.5 Å². The second-order valence-corrected chi connectivity index (χ2v) is 8.23. The van der Waals surface area contributed by atoms with E-state index in [0.29, 0.717) is 27.6 Å². The van der Waals surface area contributed by atoms with Crippen molar-refractivity contribution in [3.63, 3.8) is 0 Å². The highest BCUT2D eigenvalue weighted by Crippen LogP contribution is 2.33. The van der Waals surface area contributed by atoms with Gasteiger partial charge in [-0.3, -0.25) is 4.79 Å². The van der Waals surface area contributed by atoms with Crippen LogP contribution in [-0.2, 0) is 10.4 Å². The third kappa shape index (κ3) is 3.64. The molecule has 0 aliphatic rings. The van der Waals surface area contributed by atoms with Gasteiger partial charge in [0.05, 0.1) is 16.5 Å². The molecule has 29 heavy (non-hydrogen) atoms. The van der Waals surface area contributed by atoms with E-state index in [1.54, 1.807) is 55.8 Å². The summed E-state index contributed by atoms with van der Waals surface area (Å²) in [7, 11) is 0. The molecule has 0 aliphatic heterocycles. The maximum absolute atomic E-state index is 13.1. The number of amides is 1. The fourth-order valence-electron chi connectivity index (χ4n) is 3.21. The number of thiazole rings is 1. The van der Waals surface area contributed by atoms with E-state index in [4.69, 9.17) is 11.6 Å².